The summed E-state index contributed by atoms with van der Waals surface area (Å²) in [4.78, 5) is 19.5. The molecule has 196 valence electrons. The summed E-state index contributed by atoms with van der Waals surface area (Å²) in [6, 6.07) is 17.2. The third-order valence-electron chi connectivity index (χ3n) is 5.98. The Bertz CT molecular complexity index is 1430. The van der Waals surface area contributed by atoms with E-state index < -0.39 is 0 Å². The number of amides is 1. The summed E-state index contributed by atoms with van der Waals surface area (Å²) < 4.78 is 35.1. The van der Waals surface area contributed by atoms with Gasteiger partial charge in [-0.25, -0.2) is 9.37 Å². The molecular weight excluding hydrogens is 509 g/mol. The number of nitrogens with one attached hydrogen (secondary N) is 1. The fraction of sp³-hybridized carbons (Fsp3) is 0.214. The van der Waals surface area contributed by atoms with Crippen molar-refractivity contribution >= 4 is 22.9 Å². The highest BCUT2D eigenvalue weighted by molar-refractivity contribution is 7.09. The molecule has 0 radical (unpaired) electrons. The molecule has 0 saturated heterocycles. The van der Waals surface area contributed by atoms with Gasteiger partial charge in [-0.15, -0.1) is 11.3 Å². The SMILES string of the molecule is COc1ccc(CN(Cc2ccc3c(c2)OCO3)Cc2nc(C(=O)Nc3ccc(F)cc3)cs2)c(OC)c1. The Kier molecular flexibility index (Phi) is 7.71. The van der Waals surface area contributed by atoms with E-state index in [1.54, 1.807) is 19.6 Å². The molecule has 0 aliphatic carbocycles. The van der Waals surface area contributed by atoms with E-state index in [0.717, 1.165) is 33.4 Å². The number of carbonyl (C=O) groups excluding carboxylic acids is 1. The van der Waals surface area contributed by atoms with Gasteiger partial charge in [-0.3, -0.25) is 9.69 Å². The van der Waals surface area contributed by atoms with Crippen LogP contribution in [0.1, 0.15) is 26.6 Å². The first-order valence-electron chi connectivity index (χ1n) is 11.8. The third kappa shape index (κ3) is 6.04. The third-order valence-corrected chi connectivity index (χ3v) is 6.81. The molecular formula is C28H26FN3O5S. The summed E-state index contributed by atoms with van der Waals surface area (Å²) in [7, 11) is 3.25. The normalized spacial score (nSPS) is 12.0. The fourth-order valence-electron chi connectivity index (χ4n) is 4.10. The maximum Gasteiger partial charge on any atom is 0.275 e. The summed E-state index contributed by atoms with van der Waals surface area (Å²) in [6.07, 6.45) is 0. The lowest BCUT2D eigenvalue weighted by molar-refractivity contribution is 0.102. The summed E-state index contributed by atoms with van der Waals surface area (Å²) in [5.41, 5.74) is 2.84. The van der Waals surface area contributed by atoms with Crippen LogP contribution in [0.4, 0.5) is 10.1 Å². The van der Waals surface area contributed by atoms with Gasteiger partial charge in [-0.1, -0.05) is 12.1 Å². The van der Waals surface area contributed by atoms with Gasteiger partial charge in [-0.2, -0.15) is 0 Å². The van der Waals surface area contributed by atoms with Gasteiger partial charge < -0.3 is 24.3 Å². The molecule has 0 saturated carbocycles. The van der Waals surface area contributed by atoms with Crippen molar-refractivity contribution in [1.29, 1.82) is 0 Å². The number of anilines is 1. The quantitative estimate of drug-likeness (QED) is 0.288. The highest BCUT2D eigenvalue weighted by Crippen LogP contribution is 2.33. The van der Waals surface area contributed by atoms with Crippen LogP contribution in [0.5, 0.6) is 23.0 Å². The van der Waals surface area contributed by atoms with Crippen LogP contribution >= 0.6 is 11.3 Å². The molecule has 1 aliphatic heterocycles. The molecule has 0 unspecified atom stereocenters. The molecule has 5 rings (SSSR count). The molecule has 8 nitrogen and oxygen atoms in total. The molecule has 0 bridgehead atoms. The summed E-state index contributed by atoms with van der Waals surface area (Å²) in [5.74, 6) is 2.17. The molecule has 1 amide bonds. The van der Waals surface area contributed by atoms with Gasteiger partial charge >= 0.3 is 0 Å². The first kappa shape index (κ1) is 25.5. The zero-order chi connectivity index (χ0) is 26.5. The van der Waals surface area contributed by atoms with Crippen molar-refractivity contribution in [3.63, 3.8) is 0 Å². The van der Waals surface area contributed by atoms with Crippen LogP contribution in [-0.4, -0.2) is 36.8 Å². The lowest BCUT2D eigenvalue weighted by atomic mass is 10.1. The first-order valence-corrected chi connectivity index (χ1v) is 12.7. The zero-order valence-corrected chi connectivity index (χ0v) is 21.7. The van der Waals surface area contributed by atoms with Gasteiger partial charge in [0, 0.05) is 35.8 Å². The number of rotatable bonds is 10. The number of fused-ring (bicyclic) bond motifs is 1. The predicted molar refractivity (Wildman–Crippen MR) is 142 cm³/mol. The van der Waals surface area contributed by atoms with Crippen molar-refractivity contribution in [1.82, 2.24) is 9.88 Å². The van der Waals surface area contributed by atoms with Crippen molar-refractivity contribution < 1.29 is 28.1 Å². The Morgan fingerprint density at radius 3 is 2.61 bits per heavy atom. The Balaban J connectivity index is 1.35. The standard InChI is InChI=1S/C28H26FN3O5S/c1-34-22-9-4-19(25(12-22)35-2)14-32(13-18-3-10-24-26(11-18)37-17-36-24)15-27-31-23(16-38-27)28(33)30-21-7-5-20(29)6-8-21/h3-12,16H,13-15,17H2,1-2H3,(H,30,33). The minimum absolute atomic E-state index is 0.216. The monoisotopic (exact) mass is 535 g/mol. The van der Waals surface area contributed by atoms with Crippen LogP contribution in [-0.2, 0) is 19.6 Å². The Morgan fingerprint density at radius 2 is 1.82 bits per heavy atom. The van der Waals surface area contributed by atoms with Gasteiger partial charge in [0.1, 0.15) is 28.0 Å². The van der Waals surface area contributed by atoms with Crippen molar-refractivity contribution in [2.45, 2.75) is 19.6 Å². The van der Waals surface area contributed by atoms with Crippen molar-refractivity contribution in [2.75, 3.05) is 26.3 Å². The molecule has 0 atom stereocenters. The van der Waals surface area contributed by atoms with Crippen LogP contribution in [0.15, 0.2) is 66.0 Å². The van der Waals surface area contributed by atoms with E-state index in [1.165, 1.54) is 35.6 Å². The van der Waals surface area contributed by atoms with Crippen LogP contribution in [0.25, 0.3) is 0 Å². The fourth-order valence-corrected chi connectivity index (χ4v) is 4.91. The number of thiazole rings is 1. The highest BCUT2D eigenvalue weighted by atomic mass is 32.1. The Labute approximate surface area is 223 Å². The maximum atomic E-state index is 13.2. The smallest absolute Gasteiger partial charge is 0.275 e. The lowest BCUT2D eigenvalue weighted by Crippen LogP contribution is -2.23. The van der Waals surface area contributed by atoms with E-state index in [1.807, 2.05) is 36.4 Å². The average molecular weight is 536 g/mol. The van der Waals surface area contributed by atoms with E-state index in [0.29, 0.717) is 36.8 Å². The number of nitrogens with zero attached hydrogens (tertiary/aromatic N) is 2. The predicted octanol–water partition coefficient (Wildman–Crippen LogP) is 5.48. The lowest BCUT2D eigenvalue weighted by Gasteiger charge is -2.23. The minimum Gasteiger partial charge on any atom is -0.497 e. The van der Waals surface area contributed by atoms with Crippen LogP contribution in [0, 0.1) is 5.82 Å². The van der Waals surface area contributed by atoms with Gasteiger partial charge in [0.05, 0.1) is 20.8 Å². The summed E-state index contributed by atoms with van der Waals surface area (Å²) in [5, 5.41) is 5.26. The van der Waals surface area contributed by atoms with Crippen LogP contribution < -0.4 is 24.3 Å². The van der Waals surface area contributed by atoms with E-state index in [9.17, 15) is 9.18 Å². The molecule has 0 spiro atoms. The summed E-state index contributed by atoms with van der Waals surface area (Å²) >= 11 is 1.41. The van der Waals surface area contributed by atoms with E-state index in [-0.39, 0.29) is 18.5 Å². The van der Waals surface area contributed by atoms with E-state index in [4.69, 9.17) is 18.9 Å². The molecule has 0 fully saturated rings. The molecule has 3 aromatic carbocycles. The van der Waals surface area contributed by atoms with Crippen LogP contribution in [0.2, 0.25) is 0 Å². The molecule has 1 N–H and O–H groups in total. The second-order valence-corrected chi connectivity index (χ2v) is 9.54. The van der Waals surface area contributed by atoms with Crippen LogP contribution in [0.3, 0.4) is 0 Å². The number of halogens is 1. The number of hydrogen-bond donors (Lipinski definition) is 1. The molecule has 2 heterocycles. The van der Waals surface area contributed by atoms with Gasteiger partial charge in [0.25, 0.3) is 5.91 Å². The Hall–Kier alpha value is -4.15. The second-order valence-electron chi connectivity index (χ2n) is 8.60. The number of aromatic nitrogens is 1. The average Bonchev–Trinajstić information content (AvgIpc) is 3.59. The van der Waals surface area contributed by atoms with Crippen molar-refractivity contribution in [2.24, 2.45) is 0 Å². The second kappa shape index (κ2) is 11.5. The number of benzene rings is 3. The van der Waals surface area contributed by atoms with E-state index >= 15 is 0 Å². The minimum atomic E-state index is -0.366. The number of hydrogen-bond acceptors (Lipinski definition) is 8. The molecule has 1 aliphatic rings. The Morgan fingerprint density at radius 1 is 1.00 bits per heavy atom. The topological polar surface area (TPSA) is 82.2 Å². The van der Waals surface area contributed by atoms with Crippen molar-refractivity contribution in [3.05, 3.63) is 93.7 Å². The number of carbonyl (C=O) groups is 1. The zero-order valence-electron chi connectivity index (χ0n) is 20.9. The van der Waals surface area contributed by atoms with E-state index in [2.05, 4.69) is 15.2 Å². The molecule has 38 heavy (non-hydrogen) atoms. The van der Waals surface area contributed by atoms with Crippen molar-refractivity contribution in [3.8, 4) is 23.0 Å². The molecule has 1 aromatic heterocycles. The molecule has 4 aromatic rings. The number of methoxy groups -OCH3 is 2. The molecule has 10 heteroatoms. The highest BCUT2D eigenvalue weighted by Gasteiger charge is 2.19. The van der Waals surface area contributed by atoms with Gasteiger partial charge in [0.15, 0.2) is 11.5 Å². The number of ether oxygens (including phenoxy) is 4. The van der Waals surface area contributed by atoms with Gasteiger partial charge in [0.2, 0.25) is 6.79 Å². The largest absolute Gasteiger partial charge is 0.497 e. The summed E-state index contributed by atoms with van der Waals surface area (Å²) in [6.45, 7) is 1.88. The maximum absolute atomic E-state index is 13.2. The van der Waals surface area contributed by atoms with Gasteiger partial charge in [-0.05, 0) is 48.0 Å². The first-order chi connectivity index (χ1) is 18.5.